The Bertz CT molecular complexity index is 293. The minimum atomic E-state index is 0.0721. The zero-order valence-electron chi connectivity index (χ0n) is 10.4. The molecular weight excluding hydrogens is 216 g/mol. The zero-order valence-corrected chi connectivity index (χ0v) is 10.4. The van der Waals surface area contributed by atoms with Crippen LogP contribution in [0.4, 0.5) is 0 Å². The molecule has 0 aliphatic heterocycles. The summed E-state index contributed by atoms with van der Waals surface area (Å²) in [5.41, 5.74) is 7.04. The second-order valence-corrected chi connectivity index (χ2v) is 3.98. The number of nitrogens with two attached hydrogens (primary N) is 1. The number of likely N-dealkylation sites (N-methyl/N-ethyl adjacent to an activating group) is 1. The molecule has 4 nitrogen and oxygen atoms in total. The summed E-state index contributed by atoms with van der Waals surface area (Å²) in [6, 6.07) is 10.4. The molecule has 0 spiro atoms. The number of nitrogens with zero attached hydrogens (tertiary/aromatic N) is 1. The van der Waals surface area contributed by atoms with Gasteiger partial charge in [-0.3, -0.25) is 4.90 Å². The predicted molar refractivity (Wildman–Crippen MR) is 68.8 cm³/mol. The van der Waals surface area contributed by atoms with Crippen molar-refractivity contribution in [3.05, 3.63) is 35.9 Å². The van der Waals surface area contributed by atoms with E-state index in [-0.39, 0.29) is 12.6 Å². The number of ether oxygens (including phenoxy) is 1. The molecular formula is C13H22N2O2. The summed E-state index contributed by atoms with van der Waals surface area (Å²) < 4.78 is 5.25. The van der Waals surface area contributed by atoms with Gasteiger partial charge in [0.2, 0.25) is 0 Å². The number of hydrogen-bond donors (Lipinski definition) is 2. The summed E-state index contributed by atoms with van der Waals surface area (Å²) in [5.74, 6) is 0. The summed E-state index contributed by atoms with van der Waals surface area (Å²) in [7, 11) is 2.03. The number of aliphatic hydroxyl groups excluding tert-OH is 1. The highest BCUT2D eigenvalue weighted by Crippen LogP contribution is 2.17. The van der Waals surface area contributed by atoms with E-state index in [1.807, 2.05) is 25.2 Å². The standard InChI is InChI=1S/C13H22N2O2/c1-15(7-9-17-10-8-16)13(11-14)12-5-3-2-4-6-12/h2-6,13,16H,7-11,14H2,1H3. The molecule has 3 N–H and O–H groups in total. The fourth-order valence-electron chi connectivity index (χ4n) is 1.78. The van der Waals surface area contributed by atoms with Crippen LogP contribution in [0.25, 0.3) is 0 Å². The van der Waals surface area contributed by atoms with E-state index in [0.29, 0.717) is 19.8 Å². The topological polar surface area (TPSA) is 58.7 Å². The fraction of sp³-hybridized carbons (Fsp3) is 0.538. The van der Waals surface area contributed by atoms with Gasteiger partial charge in [0.15, 0.2) is 0 Å². The molecule has 0 heterocycles. The van der Waals surface area contributed by atoms with Crippen LogP contribution in [0.2, 0.25) is 0 Å². The molecule has 96 valence electrons. The molecule has 1 rings (SSSR count). The monoisotopic (exact) mass is 238 g/mol. The van der Waals surface area contributed by atoms with Gasteiger partial charge in [0.25, 0.3) is 0 Å². The summed E-state index contributed by atoms with van der Waals surface area (Å²) >= 11 is 0. The average molecular weight is 238 g/mol. The maximum absolute atomic E-state index is 8.61. The van der Waals surface area contributed by atoms with E-state index in [1.54, 1.807) is 0 Å². The molecule has 17 heavy (non-hydrogen) atoms. The van der Waals surface area contributed by atoms with Crippen LogP contribution in [-0.4, -0.2) is 50.0 Å². The summed E-state index contributed by atoms with van der Waals surface area (Å²) in [4.78, 5) is 2.17. The van der Waals surface area contributed by atoms with Gasteiger partial charge >= 0.3 is 0 Å². The summed E-state index contributed by atoms with van der Waals surface area (Å²) in [5, 5.41) is 8.61. The van der Waals surface area contributed by atoms with Gasteiger partial charge in [0.05, 0.1) is 19.8 Å². The molecule has 1 aromatic rings. The maximum atomic E-state index is 8.61. The first-order chi connectivity index (χ1) is 8.29. The Kier molecular flexibility index (Phi) is 6.81. The van der Waals surface area contributed by atoms with Gasteiger partial charge in [-0.25, -0.2) is 0 Å². The van der Waals surface area contributed by atoms with Gasteiger partial charge in [-0.2, -0.15) is 0 Å². The van der Waals surface area contributed by atoms with Crippen LogP contribution >= 0.6 is 0 Å². The van der Waals surface area contributed by atoms with E-state index >= 15 is 0 Å². The van der Waals surface area contributed by atoms with E-state index in [4.69, 9.17) is 15.6 Å². The molecule has 0 saturated carbocycles. The van der Waals surface area contributed by atoms with Crippen LogP contribution in [0.5, 0.6) is 0 Å². The highest BCUT2D eigenvalue weighted by molar-refractivity contribution is 5.19. The van der Waals surface area contributed by atoms with Gasteiger partial charge in [-0.15, -0.1) is 0 Å². The molecule has 0 bridgehead atoms. The van der Waals surface area contributed by atoms with Crippen molar-refractivity contribution in [2.75, 3.05) is 40.0 Å². The van der Waals surface area contributed by atoms with Gasteiger partial charge in [-0.1, -0.05) is 30.3 Å². The quantitative estimate of drug-likeness (QED) is 0.652. The first kappa shape index (κ1) is 14.1. The molecule has 1 aromatic carbocycles. The minimum absolute atomic E-state index is 0.0721. The largest absolute Gasteiger partial charge is 0.394 e. The molecule has 0 radical (unpaired) electrons. The molecule has 0 fully saturated rings. The third kappa shape index (κ3) is 4.83. The van der Waals surface area contributed by atoms with Crippen LogP contribution < -0.4 is 5.73 Å². The van der Waals surface area contributed by atoms with Gasteiger partial charge in [0.1, 0.15) is 0 Å². The van der Waals surface area contributed by atoms with Crippen molar-refractivity contribution >= 4 is 0 Å². The molecule has 0 saturated heterocycles. The van der Waals surface area contributed by atoms with Crippen molar-refractivity contribution in [1.29, 1.82) is 0 Å². The summed E-state index contributed by atoms with van der Waals surface area (Å²) in [6.45, 7) is 2.47. The Hall–Kier alpha value is -0.940. The normalized spacial score (nSPS) is 12.9. The fourth-order valence-corrected chi connectivity index (χ4v) is 1.78. The van der Waals surface area contributed by atoms with Crippen LogP contribution in [0.3, 0.4) is 0 Å². The van der Waals surface area contributed by atoms with Gasteiger partial charge < -0.3 is 15.6 Å². The zero-order chi connectivity index (χ0) is 12.5. The lowest BCUT2D eigenvalue weighted by Gasteiger charge is -2.27. The van der Waals surface area contributed by atoms with E-state index in [1.165, 1.54) is 5.56 Å². The van der Waals surface area contributed by atoms with Crippen molar-refractivity contribution in [3.63, 3.8) is 0 Å². The Balaban J connectivity index is 2.44. The second-order valence-electron chi connectivity index (χ2n) is 3.98. The number of benzene rings is 1. The molecule has 1 unspecified atom stereocenters. The number of hydrogen-bond acceptors (Lipinski definition) is 4. The first-order valence-corrected chi connectivity index (χ1v) is 5.93. The van der Waals surface area contributed by atoms with Crippen molar-refractivity contribution in [2.45, 2.75) is 6.04 Å². The van der Waals surface area contributed by atoms with Crippen molar-refractivity contribution in [3.8, 4) is 0 Å². The maximum Gasteiger partial charge on any atom is 0.0698 e. The van der Waals surface area contributed by atoms with Gasteiger partial charge in [0, 0.05) is 19.1 Å². The molecule has 0 aliphatic carbocycles. The minimum Gasteiger partial charge on any atom is -0.394 e. The predicted octanol–water partition coefficient (Wildman–Crippen LogP) is 0.627. The highest BCUT2D eigenvalue weighted by atomic mass is 16.5. The molecule has 0 amide bonds. The van der Waals surface area contributed by atoms with E-state index < -0.39 is 0 Å². The van der Waals surface area contributed by atoms with Crippen molar-refractivity contribution in [2.24, 2.45) is 5.73 Å². The second kappa shape index (κ2) is 8.20. The molecule has 4 heteroatoms. The number of rotatable bonds is 8. The Morgan fingerprint density at radius 2 is 2.00 bits per heavy atom. The Morgan fingerprint density at radius 3 is 2.59 bits per heavy atom. The van der Waals surface area contributed by atoms with Crippen LogP contribution in [0.1, 0.15) is 11.6 Å². The van der Waals surface area contributed by atoms with E-state index in [2.05, 4.69) is 17.0 Å². The van der Waals surface area contributed by atoms with Crippen molar-refractivity contribution < 1.29 is 9.84 Å². The van der Waals surface area contributed by atoms with Crippen LogP contribution in [-0.2, 0) is 4.74 Å². The Labute approximate surface area is 103 Å². The Morgan fingerprint density at radius 1 is 1.29 bits per heavy atom. The number of aliphatic hydroxyl groups is 1. The smallest absolute Gasteiger partial charge is 0.0698 e. The third-order valence-corrected chi connectivity index (χ3v) is 2.76. The van der Waals surface area contributed by atoms with Gasteiger partial charge in [-0.05, 0) is 12.6 Å². The first-order valence-electron chi connectivity index (χ1n) is 5.93. The third-order valence-electron chi connectivity index (χ3n) is 2.76. The lowest BCUT2D eigenvalue weighted by Crippen LogP contribution is -2.33. The molecule has 1 atom stereocenters. The van der Waals surface area contributed by atoms with Crippen molar-refractivity contribution in [1.82, 2.24) is 4.90 Å². The average Bonchev–Trinajstić information content (AvgIpc) is 2.37. The van der Waals surface area contributed by atoms with Crippen LogP contribution in [0, 0.1) is 0 Å². The molecule has 0 aromatic heterocycles. The highest BCUT2D eigenvalue weighted by Gasteiger charge is 2.14. The van der Waals surface area contributed by atoms with Crippen LogP contribution in [0.15, 0.2) is 30.3 Å². The summed E-state index contributed by atoms with van der Waals surface area (Å²) in [6.07, 6.45) is 0. The SMILES string of the molecule is CN(CCOCCO)C(CN)c1ccccc1. The van der Waals surface area contributed by atoms with E-state index in [0.717, 1.165) is 6.54 Å². The van der Waals surface area contributed by atoms with E-state index in [9.17, 15) is 0 Å². The lowest BCUT2D eigenvalue weighted by atomic mass is 10.1. The lowest BCUT2D eigenvalue weighted by molar-refractivity contribution is 0.0710. The molecule has 0 aliphatic rings.